The van der Waals surface area contributed by atoms with Crippen LogP contribution in [0.1, 0.15) is 19.9 Å². The molecule has 0 radical (unpaired) electrons. The van der Waals surface area contributed by atoms with E-state index < -0.39 is 0 Å². The normalized spacial score (nSPS) is 11.1. The summed E-state index contributed by atoms with van der Waals surface area (Å²) in [6, 6.07) is 0.354. The van der Waals surface area contributed by atoms with Crippen molar-refractivity contribution in [2.24, 2.45) is 0 Å². The Morgan fingerprint density at radius 1 is 1.36 bits per heavy atom. The molecule has 2 rings (SSSR count). The molecule has 0 aromatic carbocycles. The van der Waals surface area contributed by atoms with Crippen LogP contribution < -0.4 is 5.09 Å². The maximum atomic E-state index is 4.27. The molecule has 1 unspecified atom stereocenters. The van der Waals surface area contributed by atoms with E-state index in [4.69, 9.17) is 0 Å². The quantitative estimate of drug-likeness (QED) is 0.763. The minimum absolute atomic E-state index is 0.354. The number of anilines is 1. The third-order valence-electron chi connectivity index (χ3n) is 2.05. The van der Waals surface area contributed by atoms with Crippen LogP contribution >= 0.6 is 9.39 Å². The van der Waals surface area contributed by atoms with Gasteiger partial charge in [-0.25, -0.2) is 15.0 Å². The molecule has 0 aliphatic carbocycles. The molecule has 1 atom stereocenters. The van der Waals surface area contributed by atoms with Gasteiger partial charge in [0.15, 0.2) is 17.0 Å². The smallest absolute Gasteiger partial charge is 0.165 e. The van der Waals surface area contributed by atoms with E-state index >= 15 is 0 Å². The highest BCUT2D eigenvalue weighted by atomic mass is 31.0. The fourth-order valence-electron chi connectivity index (χ4n) is 1.34. The van der Waals surface area contributed by atoms with Gasteiger partial charge in [-0.2, -0.15) is 0 Å². The average molecular weight is 209 g/mol. The van der Waals surface area contributed by atoms with Crippen LogP contribution in [0.2, 0.25) is 0 Å². The summed E-state index contributed by atoms with van der Waals surface area (Å²) in [6.07, 6.45) is 3.32. The molecule has 1 N–H and O–H groups in total. The Hall–Kier alpha value is -1.22. The molecule has 0 amide bonds. The number of hydrogen-bond acceptors (Lipinski definition) is 4. The molecular formula is C8H12N5P. The molecule has 0 aliphatic heterocycles. The molecule has 0 saturated carbocycles. The fraction of sp³-hybridized carbons (Fsp3) is 0.375. The van der Waals surface area contributed by atoms with Crippen LogP contribution in [0.3, 0.4) is 0 Å². The van der Waals surface area contributed by atoms with Crippen molar-refractivity contribution in [3.63, 3.8) is 0 Å². The minimum Gasteiger partial charge on any atom is -0.353 e. The molecule has 0 aliphatic rings. The number of imidazole rings is 1. The van der Waals surface area contributed by atoms with Gasteiger partial charge in [-0.3, -0.25) is 0 Å². The van der Waals surface area contributed by atoms with Gasteiger partial charge in [0.25, 0.3) is 0 Å². The molecule has 2 heterocycles. The van der Waals surface area contributed by atoms with Crippen LogP contribution in [0.5, 0.6) is 0 Å². The Labute approximate surface area is 84.2 Å². The summed E-state index contributed by atoms with van der Waals surface area (Å²) >= 11 is 0. The molecule has 2 aromatic rings. The maximum absolute atomic E-state index is 4.27. The third kappa shape index (κ3) is 1.34. The van der Waals surface area contributed by atoms with Crippen LogP contribution in [-0.4, -0.2) is 19.5 Å². The first-order chi connectivity index (χ1) is 6.74. The summed E-state index contributed by atoms with van der Waals surface area (Å²) in [7, 11) is 2.41. The van der Waals surface area contributed by atoms with E-state index in [1.807, 2.05) is 4.57 Å². The molecule has 6 heteroatoms. The summed E-state index contributed by atoms with van der Waals surface area (Å²) in [5.41, 5.74) is 1.66. The van der Waals surface area contributed by atoms with Gasteiger partial charge in [0.2, 0.25) is 0 Å². The molecule has 0 fully saturated rings. The van der Waals surface area contributed by atoms with E-state index in [2.05, 4.69) is 43.3 Å². The predicted molar refractivity (Wildman–Crippen MR) is 59.0 cm³/mol. The molecular weight excluding hydrogens is 197 g/mol. The second kappa shape index (κ2) is 3.50. The first-order valence-corrected chi connectivity index (χ1v) is 4.96. The molecule has 2 aromatic heterocycles. The van der Waals surface area contributed by atoms with Crippen molar-refractivity contribution in [2.45, 2.75) is 19.9 Å². The Bertz CT molecular complexity index is 450. The zero-order valence-electron chi connectivity index (χ0n) is 8.10. The van der Waals surface area contributed by atoms with E-state index in [9.17, 15) is 0 Å². The van der Waals surface area contributed by atoms with Gasteiger partial charge < -0.3 is 9.65 Å². The van der Waals surface area contributed by atoms with Crippen molar-refractivity contribution in [1.29, 1.82) is 0 Å². The van der Waals surface area contributed by atoms with Gasteiger partial charge >= 0.3 is 0 Å². The van der Waals surface area contributed by atoms with Crippen molar-refractivity contribution < 1.29 is 0 Å². The molecule has 0 spiro atoms. The lowest BCUT2D eigenvalue weighted by atomic mass is 10.4. The van der Waals surface area contributed by atoms with Gasteiger partial charge in [-0.1, -0.05) is 0 Å². The molecule has 0 saturated heterocycles. The van der Waals surface area contributed by atoms with Crippen LogP contribution in [0, 0.1) is 0 Å². The summed E-state index contributed by atoms with van der Waals surface area (Å²) in [4.78, 5) is 12.6. The predicted octanol–water partition coefficient (Wildman–Crippen LogP) is 1.61. The monoisotopic (exact) mass is 209 g/mol. The second-order valence-electron chi connectivity index (χ2n) is 3.28. The number of aromatic nitrogens is 4. The SMILES string of the molecule is CC(C)n1cnc2c(NP)ncnc21. The summed E-state index contributed by atoms with van der Waals surface area (Å²) in [5.74, 6) is 0.736. The van der Waals surface area contributed by atoms with Crippen LogP contribution in [0.4, 0.5) is 5.82 Å². The Balaban J connectivity index is 2.69. The summed E-state index contributed by atoms with van der Waals surface area (Å²) < 4.78 is 2.02. The van der Waals surface area contributed by atoms with Gasteiger partial charge in [-0.15, -0.1) is 0 Å². The maximum Gasteiger partial charge on any atom is 0.165 e. The largest absolute Gasteiger partial charge is 0.353 e. The second-order valence-corrected chi connectivity index (χ2v) is 3.57. The third-order valence-corrected chi connectivity index (χ3v) is 2.33. The molecule has 14 heavy (non-hydrogen) atoms. The number of hydrogen-bond donors (Lipinski definition) is 1. The number of nitrogens with one attached hydrogen (secondary N) is 1. The number of rotatable bonds is 2. The van der Waals surface area contributed by atoms with Crippen LogP contribution in [0.15, 0.2) is 12.7 Å². The lowest BCUT2D eigenvalue weighted by Crippen LogP contribution is -2.00. The average Bonchev–Trinajstić information content (AvgIpc) is 2.60. The van der Waals surface area contributed by atoms with Gasteiger partial charge in [0.1, 0.15) is 6.33 Å². The standard InChI is InChI=1S/C8H12N5P/c1-5(2)13-4-11-6-7(12-14)9-3-10-8(6)13/h3-5H,14H2,1-2H3,(H,9,10,12). The van der Waals surface area contributed by atoms with E-state index in [0.717, 1.165) is 17.0 Å². The summed E-state index contributed by atoms with van der Waals surface area (Å²) in [6.45, 7) is 4.19. The number of fused-ring (bicyclic) bond motifs is 1. The lowest BCUT2D eigenvalue weighted by molar-refractivity contribution is 0.612. The zero-order valence-corrected chi connectivity index (χ0v) is 9.25. The first kappa shape index (κ1) is 9.34. The Morgan fingerprint density at radius 2 is 2.14 bits per heavy atom. The minimum atomic E-state index is 0.354. The molecule has 0 bridgehead atoms. The van der Waals surface area contributed by atoms with Crippen molar-refractivity contribution in [2.75, 3.05) is 5.09 Å². The fourth-order valence-corrected chi connectivity index (χ4v) is 1.55. The molecule has 5 nitrogen and oxygen atoms in total. The van der Waals surface area contributed by atoms with E-state index in [1.54, 1.807) is 6.33 Å². The van der Waals surface area contributed by atoms with E-state index in [-0.39, 0.29) is 0 Å². The van der Waals surface area contributed by atoms with Crippen molar-refractivity contribution in [3.8, 4) is 0 Å². The Morgan fingerprint density at radius 3 is 2.79 bits per heavy atom. The Kier molecular flexibility index (Phi) is 2.33. The van der Waals surface area contributed by atoms with Crippen molar-refractivity contribution in [3.05, 3.63) is 12.7 Å². The first-order valence-electron chi connectivity index (χ1n) is 4.38. The molecule has 74 valence electrons. The van der Waals surface area contributed by atoms with Gasteiger partial charge in [-0.05, 0) is 23.2 Å². The van der Waals surface area contributed by atoms with Crippen LogP contribution in [0.25, 0.3) is 11.2 Å². The highest BCUT2D eigenvalue weighted by Gasteiger charge is 2.10. The van der Waals surface area contributed by atoms with E-state index in [1.165, 1.54) is 6.33 Å². The zero-order chi connectivity index (χ0) is 10.1. The van der Waals surface area contributed by atoms with Gasteiger partial charge in [0, 0.05) is 6.04 Å². The lowest BCUT2D eigenvalue weighted by Gasteiger charge is -2.06. The number of nitrogens with zero attached hydrogens (tertiary/aromatic N) is 4. The highest BCUT2D eigenvalue weighted by molar-refractivity contribution is 7.18. The van der Waals surface area contributed by atoms with Crippen molar-refractivity contribution >= 4 is 26.4 Å². The van der Waals surface area contributed by atoms with Crippen molar-refractivity contribution in [1.82, 2.24) is 19.5 Å². The topological polar surface area (TPSA) is 55.6 Å². The van der Waals surface area contributed by atoms with E-state index in [0.29, 0.717) is 6.04 Å². The highest BCUT2D eigenvalue weighted by Crippen LogP contribution is 2.20. The summed E-state index contributed by atoms with van der Waals surface area (Å²) in [5, 5.41) is 2.91. The van der Waals surface area contributed by atoms with Crippen LogP contribution in [-0.2, 0) is 0 Å². The van der Waals surface area contributed by atoms with Gasteiger partial charge in [0.05, 0.1) is 6.33 Å².